The van der Waals surface area contributed by atoms with Crippen molar-refractivity contribution >= 4 is 47.3 Å². The second-order valence-corrected chi connectivity index (χ2v) is 16.4. The highest BCUT2D eigenvalue weighted by atomic mass is 32.2. The van der Waals surface area contributed by atoms with Crippen LogP contribution < -0.4 is 9.80 Å². The lowest BCUT2D eigenvalue weighted by Gasteiger charge is -2.26. The zero-order chi connectivity index (χ0) is 28.1. The molecule has 2 unspecified atom stereocenters. The summed E-state index contributed by atoms with van der Waals surface area (Å²) in [7, 11) is 8.37. The molecule has 0 radical (unpaired) electrons. The molecule has 1 aliphatic carbocycles. The molecule has 208 valence electrons. The smallest absolute Gasteiger partial charge is 0.0723 e. The quantitative estimate of drug-likeness (QED) is 0.243. The summed E-state index contributed by atoms with van der Waals surface area (Å²) in [5.74, 6) is 0. The molecule has 38 heavy (non-hydrogen) atoms. The fourth-order valence-corrected chi connectivity index (χ4v) is 6.52. The fourth-order valence-electron chi connectivity index (χ4n) is 4.47. The van der Waals surface area contributed by atoms with Gasteiger partial charge in [0.2, 0.25) is 0 Å². The molecule has 6 heteroatoms. The number of nitrogens with zero attached hydrogens (tertiary/aromatic N) is 4. The second kappa shape index (κ2) is 13.0. The van der Waals surface area contributed by atoms with Gasteiger partial charge in [0.05, 0.1) is 12.1 Å². The van der Waals surface area contributed by atoms with Crippen molar-refractivity contribution in [1.82, 2.24) is 0 Å². The highest BCUT2D eigenvalue weighted by molar-refractivity contribution is 8.01. The van der Waals surface area contributed by atoms with Gasteiger partial charge in [0.1, 0.15) is 0 Å². The van der Waals surface area contributed by atoms with E-state index in [-0.39, 0.29) is 21.6 Å². The zero-order valence-corrected chi connectivity index (χ0v) is 26.8. The van der Waals surface area contributed by atoms with Gasteiger partial charge in [-0.2, -0.15) is 0 Å². The van der Waals surface area contributed by atoms with E-state index in [2.05, 4.69) is 128 Å². The van der Waals surface area contributed by atoms with Gasteiger partial charge in [0.25, 0.3) is 0 Å². The number of hydrogen-bond acceptors (Lipinski definition) is 6. The first-order valence-corrected chi connectivity index (χ1v) is 15.4. The fraction of sp³-hybridized carbons (Fsp3) is 0.562. The molecule has 2 aromatic carbocycles. The van der Waals surface area contributed by atoms with Gasteiger partial charge in [-0.25, -0.2) is 0 Å². The first-order valence-electron chi connectivity index (χ1n) is 13.8. The van der Waals surface area contributed by atoms with Crippen molar-refractivity contribution in [2.45, 2.75) is 98.6 Å². The van der Waals surface area contributed by atoms with Crippen molar-refractivity contribution in [3.8, 4) is 0 Å². The number of anilines is 2. The molecule has 0 N–H and O–H groups in total. The predicted molar refractivity (Wildman–Crippen MR) is 174 cm³/mol. The van der Waals surface area contributed by atoms with Crippen LogP contribution in [0.1, 0.15) is 78.4 Å². The molecule has 3 rings (SSSR count). The van der Waals surface area contributed by atoms with Gasteiger partial charge in [-0.15, -0.1) is 23.5 Å². The lowest BCUT2D eigenvalue weighted by molar-refractivity contribution is 0.390. The Morgan fingerprint density at radius 3 is 1.34 bits per heavy atom. The third kappa shape index (κ3) is 9.37. The van der Waals surface area contributed by atoms with Gasteiger partial charge < -0.3 is 9.80 Å². The van der Waals surface area contributed by atoms with Crippen molar-refractivity contribution in [2.75, 3.05) is 38.0 Å². The summed E-state index contributed by atoms with van der Waals surface area (Å²) in [6.45, 7) is 13.6. The van der Waals surface area contributed by atoms with E-state index < -0.39 is 0 Å². The van der Waals surface area contributed by atoms with Crippen LogP contribution in [0.5, 0.6) is 0 Å². The number of thioether (sulfide) groups is 2. The molecule has 4 nitrogen and oxygen atoms in total. The molecule has 1 saturated carbocycles. The predicted octanol–water partition coefficient (Wildman–Crippen LogP) is 8.45. The van der Waals surface area contributed by atoms with Crippen molar-refractivity contribution < 1.29 is 0 Å². The van der Waals surface area contributed by atoms with Gasteiger partial charge in [-0.1, -0.05) is 54.4 Å². The van der Waals surface area contributed by atoms with E-state index in [4.69, 9.17) is 9.98 Å². The summed E-state index contributed by atoms with van der Waals surface area (Å²) >= 11 is 3.81. The molecule has 0 saturated heterocycles. The van der Waals surface area contributed by atoms with Crippen LogP contribution in [0.15, 0.2) is 56.2 Å². The highest BCUT2D eigenvalue weighted by Crippen LogP contribution is 2.37. The van der Waals surface area contributed by atoms with Crippen molar-refractivity contribution in [3.63, 3.8) is 0 Å². The second-order valence-electron chi connectivity index (χ2n) is 12.6. The minimum Gasteiger partial charge on any atom is -0.378 e. The van der Waals surface area contributed by atoms with E-state index >= 15 is 0 Å². The standard InChI is InChI=1S/C32H48N4S2/c1-31(2,3)37-29-17-15-25(35(7)8)19-23(29)21-33-27-13-11-12-14-28(27)34-22-24-20-26(36(9)10)16-18-30(24)38-32(4,5)6/h15-22,27-28H,11-14H2,1-10H3. The third-order valence-electron chi connectivity index (χ3n) is 6.36. The van der Waals surface area contributed by atoms with E-state index in [1.54, 1.807) is 0 Å². The van der Waals surface area contributed by atoms with E-state index in [9.17, 15) is 0 Å². The van der Waals surface area contributed by atoms with Crippen LogP contribution in [0.4, 0.5) is 11.4 Å². The Bertz CT molecular complexity index is 1030. The summed E-state index contributed by atoms with van der Waals surface area (Å²) < 4.78 is 0.285. The average molecular weight is 553 g/mol. The van der Waals surface area contributed by atoms with Crippen LogP contribution in [0.25, 0.3) is 0 Å². The lowest BCUT2D eigenvalue weighted by Crippen LogP contribution is -2.27. The average Bonchev–Trinajstić information content (AvgIpc) is 2.81. The van der Waals surface area contributed by atoms with Gasteiger partial charge in [0, 0.05) is 82.4 Å². The minimum atomic E-state index is 0.143. The Labute approximate surface area is 240 Å². The van der Waals surface area contributed by atoms with Crippen LogP contribution in [-0.2, 0) is 0 Å². The Kier molecular flexibility index (Phi) is 10.4. The zero-order valence-electron chi connectivity index (χ0n) is 25.2. The first kappa shape index (κ1) is 30.6. The third-order valence-corrected chi connectivity index (χ3v) is 8.76. The van der Waals surface area contributed by atoms with Crippen molar-refractivity contribution in [2.24, 2.45) is 9.98 Å². The monoisotopic (exact) mass is 552 g/mol. The molecule has 1 fully saturated rings. The SMILES string of the molecule is CN(C)c1ccc(SC(C)(C)C)c(C=NC2CCCCC2N=Cc2cc(N(C)C)ccc2SC(C)(C)C)c1. The van der Waals surface area contributed by atoms with Gasteiger partial charge in [0.15, 0.2) is 0 Å². The maximum atomic E-state index is 5.18. The van der Waals surface area contributed by atoms with Crippen molar-refractivity contribution in [1.29, 1.82) is 0 Å². The number of hydrogen-bond donors (Lipinski definition) is 0. The van der Waals surface area contributed by atoms with Gasteiger partial charge in [-0.3, -0.25) is 9.98 Å². The normalized spacial score (nSPS) is 18.9. The molecular formula is C32H48N4S2. The van der Waals surface area contributed by atoms with E-state index in [1.165, 1.54) is 45.1 Å². The van der Waals surface area contributed by atoms with E-state index in [1.807, 2.05) is 23.5 Å². The Morgan fingerprint density at radius 2 is 1.03 bits per heavy atom. The Morgan fingerprint density at radius 1 is 0.658 bits per heavy atom. The molecule has 0 aliphatic heterocycles. The summed E-state index contributed by atoms with van der Waals surface area (Å²) in [6.07, 6.45) is 8.86. The van der Waals surface area contributed by atoms with E-state index in [0.29, 0.717) is 0 Å². The molecule has 0 aromatic heterocycles. The molecule has 1 aliphatic rings. The number of aliphatic imine (C=N–C) groups is 2. The summed E-state index contributed by atoms with van der Waals surface area (Å²) in [5.41, 5.74) is 4.80. The lowest BCUT2D eigenvalue weighted by atomic mass is 9.91. The maximum Gasteiger partial charge on any atom is 0.0723 e. The molecule has 2 atom stereocenters. The molecule has 0 heterocycles. The minimum absolute atomic E-state index is 0.143. The maximum absolute atomic E-state index is 5.18. The molecule has 0 bridgehead atoms. The van der Waals surface area contributed by atoms with Crippen LogP contribution in [0.3, 0.4) is 0 Å². The number of rotatable bonds is 8. The van der Waals surface area contributed by atoms with Crippen LogP contribution in [0, 0.1) is 0 Å². The Hall–Kier alpha value is -1.92. The van der Waals surface area contributed by atoms with Crippen LogP contribution in [0.2, 0.25) is 0 Å². The van der Waals surface area contributed by atoms with Crippen LogP contribution in [-0.4, -0.2) is 62.2 Å². The summed E-state index contributed by atoms with van der Waals surface area (Å²) in [5, 5.41) is 0. The highest BCUT2D eigenvalue weighted by Gasteiger charge is 2.24. The summed E-state index contributed by atoms with van der Waals surface area (Å²) in [6, 6.07) is 13.9. The molecule has 0 amide bonds. The number of benzene rings is 2. The largest absolute Gasteiger partial charge is 0.378 e. The van der Waals surface area contributed by atoms with Gasteiger partial charge >= 0.3 is 0 Å². The first-order chi connectivity index (χ1) is 17.7. The van der Waals surface area contributed by atoms with Gasteiger partial charge in [-0.05, 0) is 49.2 Å². The summed E-state index contributed by atoms with van der Waals surface area (Å²) in [4.78, 5) is 17.2. The molecular weight excluding hydrogens is 505 g/mol. The topological polar surface area (TPSA) is 31.2 Å². The Balaban J connectivity index is 1.90. The molecule has 2 aromatic rings. The molecule has 0 spiro atoms. The van der Waals surface area contributed by atoms with Crippen molar-refractivity contribution in [3.05, 3.63) is 47.5 Å². The van der Waals surface area contributed by atoms with Crippen LogP contribution >= 0.6 is 23.5 Å². The van der Waals surface area contributed by atoms with E-state index in [0.717, 1.165) is 12.8 Å².